The standard InChI is InChI=1S/C21H21N7O/c1-14(15-5-3-2-4-6-15)25-21-23-10-9-19(27-21)28-13-24-17-11-16(7-8-18(17)28)26-20(29)12-22/h2-11,13-14H,12,22H2,1H3,(H,26,29)(H,23,25,27)/t14-/m0/s1. The van der Waals surface area contributed by atoms with Gasteiger partial charge in [-0.3, -0.25) is 9.36 Å². The van der Waals surface area contributed by atoms with E-state index in [2.05, 4.69) is 44.6 Å². The number of rotatable bonds is 6. The molecule has 1 amide bonds. The third-order valence-electron chi connectivity index (χ3n) is 4.55. The number of aromatic nitrogens is 4. The van der Waals surface area contributed by atoms with Crippen LogP contribution in [0.1, 0.15) is 18.5 Å². The second-order valence-corrected chi connectivity index (χ2v) is 6.59. The summed E-state index contributed by atoms with van der Waals surface area (Å²) in [6.07, 6.45) is 3.41. The Bertz CT molecular complexity index is 1140. The van der Waals surface area contributed by atoms with E-state index >= 15 is 0 Å². The van der Waals surface area contributed by atoms with Gasteiger partial charge in [0.25, 0.3) is 0 Å². The van der Waals surface area contributed by atoms with E-state index in [-0.39, 0.29) is 18.5 Å². The van der Waals surface area contributed by atoms with Crippen molar-refractivity contribution in [2.24, 2.45) is 5.73 Å². The Morgan fingerprint density at radius 2 is 1.97 bits per heavy atom. The molecule has 2 heterocycles. The monoisotopic (exact) mass is 387 g/mol. The first kappa shape index (κ1) is 18.6. The first-order valence-corrected chi connectivity index (χ1v) is 9.26. The van der Waals surface area contributed by atoms with Gasteiger partial charge in [0, 0.05) is 11.9 Å². The summed E-state index contributed by atoms with van der Waals surface area (Å²) >= 11 is 0. The van der Waals surface area contributed by atoms with Crippen molar-refractivity contribution in [3.8, 4) is 5.82 Å². The van der Waals surface area contributed by atoms with Crippen LogP contribution in [0.15, 0.2) is 67.1 Å². The van der Waals surface area contributed by atoms with Gasteiger partial charge in [-0.15, -0.1) is 0 Å². The maximum absolute atomic E-state index is 11.5. The molecule has 0 saturated heterocycles. The van der Waals surface area contributed by atoms with Gasteiger partial charge in [-0.1, -0.05) is 30.3 Å². The maximum Gasteiger partial charge on any atom is 0.238 e. The van der Waals surface area contributed by atoms with Gasteiger partial charge in [0.15, 0.2) is 0 Å². The van der Waals surface area contributed by atoms with Crippen molar-refractivity contribution in [2.75, 3.05) is 17.2 Å². The average molecular weight is 387 g/mol. The molecule has 0 aliphatic rings. The molecule has 0 fully saturated rings. The lowest BCUT2D eigenvalue weighted by atomic mass is 10.1. The van der Waals surface area contributed by atoms with E-state index in [1.807, 2.05) is 41.0 Å². The van der Waals surface area contributed by atoms with Crippen LogP contribution in [0, 0.1) is 0 Å². The van der Waals surface area contributed by atoms with Gasteiger partial charge in [0.2, 0.25) is 11.9 Å². The second-order valence-electron chi connectivity index (χ2n) is 6.59. The highest BCUT2D eigenvalue weighted by Gasteiger charge is 2.11. The molecule has 2 aromatic carbocycles. The molecule has 0 bridgehead atoms. The van der Waals surface area contributed by atoms with Gasteiger partial charge >= 0.3 is 0 Å². The molecule has 4 rings (SSSR count). The predicted molar refractivity (Wildman–Crippen MR) is 113 cm³/mol. The van der Waals surface area contributed by atoms with E-state index in [0.29, 0.717) is 17.5 Å². The van der Waals surface area contributed by atoms with Crippen molar-refractivity contribution in [2.45, 2.75) is 13.0 Å². The third-order valence-corrected chi connectivity index (χ3v) is 4.55. The third kappa shape index (κ3) is 4.07. The fraction of sp³-hybridized carbons (Fsp3) is 0.143. The number of hydrogen-bond donors (Lipinski definition) is 3. The van der Waals surface area contributed by atoms with Crippen LogP contribution in [0.25, 0.3) is 16.9 Å². The van der Waals surface area contributed by atoms with Gasteiger partial charge < -0.3 is 16.4 Å². The van der Waals surface area contributed by atoms with Crippen LogP contribution in [0.5, 0.6) is 0 Å². The topological polar surface area (TPSA) is 111 Å². The number of fused-ring (bicyclic) bond motifs is 1. The van der Waals surface area contributed by atoms with Gasteiger partial charge in [0.05, 0.1) is 23.6 Å². The summed E-state index contributed by atoms with van der Waals surface area (Å²) in [5, 5.41) is 6.06. The zero-order chi connectivity index (χ0) is 20.2. The number of nitrogens with one attached hydrogen (secondary N) is 2. The Morgan fingerprint density at radius 3 is 2.76 bits per heavy atom. The molecule has 0 aliphatic heterocycles. The molecule has 8 nitrogen and oxygen atoms in total. The summed E-state index contributed by atoms with van der Waals surface area (Å²) < 4.78 is 1.88. The first-order chi connectivity index (χ1) is 14.1. The fourth-order valence-corrected chi connectivity index (χ4v) is 3.06. The van der Waals surface area contributed by atoms with Crippen LogP contribution in [0.4, 0.5) is 11.6 Å². The lowest BCUT2D eigenvalue weighted by molar-refractivity contribution is -0.114. The summed E-state index contributed by atoms with van der Waals surface area (Å²) in [7, 11) is 0. The molecule has 29 heavy (non-hydrogen) atoms. The minimum atomic E-state index is -0.247. The Hall–Kier alpha value is -3.78. The van der Waals surface area contributed by atoms with E-state index in [1.54, 1.807) is 18.6 Å². The molecule has 0 radical (unpaired) electrons. The molecule has 8 heteroatoms. The van der Waals surface area contributed by atoms with Crippen LogP contribution in [-0.4, -0.2) is 32.0 Å². The van der Waals surface area contributed by atoms with E-state index in [1.165, 1.54) is 0 Å². The maximum atomic E-state index is 11.5. The zero-order valence-electron chi connectivity index (χ0n) is 15.9. The highest BCUT2D eigenvalue weighted by molar-refractivity contribution is 5.94. The number of nitrogens with zero attached hydrogens (tertiary/aromatic N) is 4. The Morgan fingerprint density at radius 1 is 1.14 bits per heavy atom. The molecule has 4 N–H and O–H groups in total. The number of nitrogens with two attached hydrogens (primary N) is 1. The van der Waals surface area contributed by atoms with Crippen molar-refractivity contribution in [1.82, 2.24) is 19.5 Å². The van der Waals surface area contributed by atoms with Gasteiger partial charge in [-0.2, -0.15) is 4.98 Å². The molecule has 1 atom stereocenters. The number of imidazole rings is 1. The van der Waals surface area contributed by atoms with Crippen LogP contribution in [0.3, 0.4) is 0 Å². The fourth-order valence-electron chi connectivity index (χ4n) is 3.06. The van der Waals surface area contributed by atoms with Crippen LogP contribution < -0.4 is 16.4 Å². The van der Waals surface area contributed by atoms with Gasteiger partial charge in [-0.05, 0) is 36.8 Å². The molecule has 0 aliphatic carbocycles. The average Bonchev–Trinajstić information content (AvgIpc) is 3.17. The Balaban J connectivity index is 1.59. The summed E-state index contributed by atoms with van der Waals surface area (Å²) in [5.41, 5.74) is 8.77. The molecular formula is C21H21N7O. The van der Waals surface area contributed by atoms with Crippen molar-refractivity contribution in [3.63, 3.8) is 0 Å². The smallest absolute Gasteiger partial charge is 0.238 e. The van der Waals surface area contributed by atoms with E-state index in [9.17, 15) is 4.79 Å². The Kier molecular flexibility index (Phi) is 5.17. The SMILES string of the molecule is C[C@H](Nc1nccc(-n2cnc3cc(NC(=O)CN)ccc32)n1)c1ccccc1. The van der Waals surface area contributed by atoms with Crippen molar-refractivity contribution < 1.29 is 4.79 Å². The Labute approximate surface area is 167 Å². The summed E-state index contributed by atoms with van der Waals surface area (Å²) in [6.45, 7) is 2.00. The number of hydrogen-bond acceptors (Lipinski definition) is 6. The molecule has 0 unspecified atom stereocenters. The molecular weight excluding hydrogens is 366 g/mol. The summed E-state index contributed by atoms with van der Waals surface area (Å²) in [4.78, 5) is 24.9. The predicted octanol–water partition coefficient (Wildman–Crippen LogP) is 2.89. The highest BCUT2D eigenvalue weighted by atomic mass is 16.1. The van der Waals surface area contributed by atoms with E-state index < -0.39 is 0 Å². The van der Waals surface area contributed by atoms with E-state index in [0.717, 1.165) is 16.6 Å². The van der Waals surface area contributed by atoms with Crippen LogP contribution >= 0.6 is 0 Å². The number of carbonyl (C=O) groups excluding carboxylic acids is 1. The molecule has 2 aromatic heterocycles. The van der Waals surface area contributed by atoms with Crippen molar-refractivity contribution in [1.29, 1.82) is 0 Å². The first-order valence-electron chi connectivity index (χ1n) is 9.26. The number of benzene rings is 2. The zero-order valence-corrected chi connectivity index (χ0v) is 15.9. The van der Waals surface area contributed by atoms with Crippen LogP contribution in [-0.2, 0) is 4.79 Å². The quantitative estimate of drug-likeness (QED) is 0.469. The lowest BCUT2D eigenvalue weighted by Crippen LogP contribution is -2.21. The number of amides is 1. The van der Waals surface area contributed by atoms with Gasteiger partial charge in [0.1, 0.15) is 12.1 Å². The normalized spacial score (nSPS) is 11.9. The minimum Gasteiger partial charge on any atom is -0.348 e. The number of carbonyl (C=O) groups is 1. The van der Waals surface area contributed by atoms with Gasteiger partial charge in [-0.25, -0.2) is 9.97 Å². The van der Waals surface area contributed by atoms with Crippen LogP contribution in [0.2, 0.25) is 0 Å². The molecule has 146 valence electrons. The molecule has 0 saturated carbocycles. The van der Waals surface area contributed by atoms with E-state index in [4.69, 9.17) is 5.73 Å². The summed E-state index contributed by atoms with van der Waals surface area (Å²) in [5.74, 6) is 0.986. The highest BCUT2D eigenvalue weighted by Crippen LogP contribution is 2.22. The second kappa shape index (κ2) is 8.07. The minimum absolute atomic E-state index is 0.0649. The number of anilines is 2. The lowest BCUT2D eigenvalue weighted by Gasteiger charge is -2.14. The molecule has 0 spiro atoms. The summed E-state index contributed by atoms with van der Waals surface area (Å²) in [6, 6.07) is 17.5. The van der Waals surface area contributed by atoms with Crippen molar-refractivity contribution in [3.05, 3.63) is 72.7 Å². The largest absolute Gasteiger partial charge is 0.348 e. The van der Waals surface area contributed by atoms with Crippen molar-refractivity contribution >= 4 is 28.6 Å². The molecule has 4 aromatic rings.